The van der Waals surface area contributed by atoms with Crippen molar-refractivity contribution in [3.8, 4) is 23.3 Å². The third-order valence-corrected chi connectivity index (χ3v) is 3.01. The van der Waals surface area contributed by atoms with Crippen LogP contribution in [0.1, 0.15) is 17.0 Å². The van der Waals surface area contributed by atoms with Gasteiger partial charge in [-0.2, -0.15) is 10.4 Å². The van der Waals surface area contributed by atoms with E-state index < -0.39 is 0 Å². The van der Waals surface area contributed by atoms with E-state index in [-0.39, 0.29) is 0 Å². The summed E-state index contributed by atoms with van der Waals surface area (Å²) < 4.78 is 12.2. The molecule has 2 rings (SSSR count). The first-order valence-corrected chi connectivity index (χ1v) is 5.81. The number of aromatic nitrogens is 2. The first kappa shape index (κ1) is 13.0. The van der Waals surface area contributed by atoms with Crippen LogP contribution in [0.3, 0.4) is 0 Å². The van der Waals surface area contributed by atoms with E-state index in [1.165, 1.54) is 0 Å². The molecule has 0 atom stereocenters. The van der Waals surface area contributed by atoms with E-state index in [9.17, 15) is 0 Å². The van der Waals surface area contributed by atoms with Crippen LogP contribution in [0, 0.1) is 25.2 Å². The van der Waals surface area contributed by atoms with Crippen molar-refractivity contribution in [2.75, 3.05) is 14.2 Å². The molecule has 2 aromatic rings. The van der Waals surface area contributed by atoms with Crippen LogP contribution in [0.2, 0.25) is 0 Å². The van der Waals surface area contributed by atoms with Gasteiger partial charge in [0, 0.05) is 6.07 Å². The van der Waals surface area contributed by atoms with E-state index >= 15 is 0 Å². The Hall–Kier alpha value is -2.48. The van der Waals surface area contributed by atoms with Crippen molar-refractivity contribution in [1.82, 2.24) is 9.78 Å². The quantitative estimate of drug-likeness (QED) is 0.847. The molecule has 0 saturated heterocycles. The molecule has 0 amide bonds. The molecule has 0 fully saturated rings. The van der Waals surface area contributed by atoms with E-state index in [1.807, 2.05) is 32.0 Å². The average molecular weight is 257 g/mol. The summed E-state index contributed by atoms with van der Waals surface area (Å²) in [6.07, 6.45) is 0. The first-order chi connectivity index (χ1) is 9.12. The smallest absolute Gasteiger partial charge is 0.162 e. The maximum atomic E-state index is 9.09. The second-order valence-corrected chi connectivity index (χ2v) is 4.11. The van der Waals surface area contributed by atoms with Gasteiger partial charge >= 0.3 is 0 Å². The molecule has 98 valence electrons. The summed E-state index contributed by atoms with van der Waals surface area (Å²) in [7, 11) is 3.18. The van der Waals surface area contributed by atoms with Gasteiger partial charge in [-0.15, -0.1) is 0 Å². The minimum absolute atomic E-state index is 0.606. The first-order valence-electron chi connectivity index (χ1n) is 5.81. The molecular formula is C14H15N3O2. The van der Waals surface area contributed by atoms with Gasteiger partial charge in [-0.05, 0) is 26.0 Å². The Kier molecular flexibility index (Phi) is 3.43. The lowest BCUT2D eigenvalue weighted by atomic mass is 10.2. The second kappa shape index (κ2) is 5.02. The summed E-state index contributed by atoms with van der Waals surface area (Å²) in [5, 5.41) is 13.5. The van der Waals surface area contributed by atoms with E-state index in [4.69, 9.17) is 14.7 Å². The minimum Gasteiger partial charge on any atom is -0.493 e. The lowest BCUT2D eigenvalue weighted by molar-refractivity contribution is 0.354. The van der Waals surface area contributed by atoms with Gasteiger partial charge in [0.1, 0.15) is 6.07 Å². The predicted molar refractivity (Wildman–Crippen MR) is 70.9 cm³/mol. The molecule has 0 saturated carbocycles. The molecule has 0 aliphatic carbocycles. The Balaban J connectivity index is 2.57. The van der Waals surface area contributed by atoms with Crippen LogP contribution in [-0.2, 0) is 0 Å². The molecule has 1 aromatic carbocycles. The standard InChI is InChI=1S/C14H15N3O2/c1-9-12(8-15)10(2)17(16-9)11-5-6-13(18-3)14(7-11)19-4/h5-7H,1-4H3. The van der Waals surface area contributed by atoms with Crippen LogP contribution < -0.4 is 9.47 Å². The molecule has 0 aliphatic heterocycles. The second-order valence-electron chi connectivity index (χ2n) is 4.11. The zero-order valence-corrected chi connectivity index (χ0v) is 11.4. The van der Waals surface area contributed by atoms with E-state index in [0.29, 0.717) is 17.1 Å². The van der Waals surface area contributed by atoms with Crippen LogP contribution in [0.4, 0.5) is 0 Å². The average Bonchev–Trinajstić information content (AvgIpc) is 2.72. The molecular weight excluding hydrogens is 242 g/mol. The summed E-state index contributed by atoms with van der Waals surface area (Å²) in [5.41, 5.74) is 2.97. The van der Waals surface area contributed by atoms with Gasteiger partial charge in [0.15, 0.2) is 11.5 Å². The van der Waals surface area contributed by atoms with Gasteiger partial charge in [-0.25, -0.2) is 4.68 Å². The van der Waals surface area contributed by atoms with Crippen molar-refractivity contribution in [2.45, 2.75) is 13.8 Å². The summed E-state index contributed by atoms with van der Waals surface area (Å²) in [4.78, 5) is 0. The maximum absolute atomic E-state index is 9.09. The summed E-state index contributed by atoms with van der Waals surface area (Å²) >= 11 is 0. The summed E-state index contributed by atoms with van der Waals surface area (Å²) in [5.74, 6) is 1.29. The van der Waals surface area contributed by atoms with Gasteiger partial charge in [0.2, 0.25) is 0 Å². The highest BCUT2D eigenvalue weighted by Gasteiger charge is 2.13. The maximum Gasteiger partial charge on any atom is 0.162 e. The summed E-state index contributed by atoms with van der Waals surface area (Å²) in [6.45, 7) is 3.69. The fourth-order valence-electron chi connectivity index (χ4n) is 2.01. The number of benzene rings is 1. The van der Waals surface area contributed by atoms with Crippen molar-refractivity contribution in [3.05, 3.63) is 35.2 Å². The van der Waals surface area contributed by atoms with Crippen molar-refractivity contribution in [1.29, 1.82) is 5.26 Å². The number of nitriles is 1. The van der Waals surface area contributed by atoms with Crippen LogP contribution in [0.25, 0.3) is 5.69 Å². The van der Waals surface area contributed by atoms with Crippen LogP contribution in [0.15, 0.2) is 18.2 Å². The Morgan fingerprint density at radius 1 is 1.16 bits per heavy atom. The number of rotatable bonds is 3. The fourth-order valence-corrected chi connectivity index (χ4v) is 2.01. The molecule has 0 radical (unpaired) electrons. The minimum atomic E-state index is 0.606. The Bertz CT molecular complexity index is 653. The zero-order chi connectivity index (χ0) is 14.0. The molecule has 1 aromatic heterocycles. The molecule has 5 heteroatoms. The molecule has 0 bridgehead atoms. The van der Waals surface area contributed by atoms with Gasteiger partial charge in [-0.3, -0.25) is 0 Å². The molecule has 0 N–H and O–H groups in total. The molecule has 0 spiro atoms. The highest BCUT2D eigenvalue weighted by atomic mass is 16.5. The van der Waals surface area contributed by atoms with E-state index in [2.05, 4.69) is 11.2 Å². The highest BCUT2D eigenvalue weighted by molar-refractivity contribution is 5.50. The lowest BCUT2D eigenvalue weighted by Gasteiger charge is -2.10. The van der Waals surface area contributed by atoms with Crippen molar-refractivity contribution < 1.29 is 9.47 Å². The zero-order valence-electron chi connectivity index (χ0n) is 11.4. The monoisotopic (exact) mass is 257 g/mol. The number of aryl methyl sites for hydroxylation is 1. The fraction of sp³-hybridized carbons (Fsp3) is 0.286. The largest absolute Gasteiger partial charge is 0.493 e. The Morgan fingerprint density at radius 3 is 2.37 bits per heavy atom. The van der Waals surface area contributed by atoms with Crippen LogP contribution >= 0.6 is 0 Å². The van der Waals surface area contributed by atoms with Crippen molar-refractivity contribution in [2.24, 2.45) is 0 Å². The number of nitrogens with zero attached hydrogens (tertiary/aromatic N) is 3. The highest BCUT2D eigenvalue weighted by Crippen LogP contribution is 2.29. The third kappa shape index (κ3) is 2.13. The molecule has 0 unspecified atom stereocenters. The van der Waals surface area contributed by atoms with E-state index in [1.54, 1.807) is 18.9 Å². The Labute approximate surface area is 112 Å². The molecule has 1 heterocycles. The van der Waals surface area contributed by atoms with Gasteiger partial charge < -0.3 is 9.47 Å². The molecule has 5 nitrogen and oxygen atoms in total. The number of hydrogen-bond acceptors (Lipinski definition) is 4. The lowest BCUT2D eigenvalue weighted by Crippen LogP contribution is -2.00. The molecule has 19 heavy (non-hydrogen) atoms. The SMILES string of the molecule is COc1ccc(-n2nc(C)c(C#N)c2C)cc1OC. The Morgan fingerprint density at radius 2 is 1.84 bits per heavy atom. The van der Waals surface area contributed by atoms with Crippen molar-refractivity contribution >= 4 is 0 Å². The summed E-state index contributed by atoms with van der Waals surface area (Å²) in [6, 6.07) is 7.69. The normalized spacial score (nSPS) is 10.1. The van der Waals surface area contributed by atoms with Crippen LogP contribution in [0.5, 0.6) is 11.5 Å². The van der Waals surface area contributed by atoms with E-state index in [0.717, 1.165) is 17.1 Å². The van der Waals surface area contributed by atoms with Gasteiger partial charge in [0.05, 0.1) is 36.9 Å². The predicted octanol–water partition coefficient (Wildman–Crippen LogP) is 2.38. The topological polar surface area (TPSA) is 60.1 Å². The molecule has 0 aliphatic rings. The van der Waals surface area contributed by atoms with Gasteiger partial charge in [0.25, 0.3) is 0 Å². The number of hydrogen-bond donors (Lipinski definition) is 0. The third-order valence-electron chi connectivity index (χ3n) is 3.01. The van der Waals surface area contributed by atoms with Gasteiger partial charge in [-0.1, -0.05) is 0 Å². The van der Waals surface area contributed by atoms with Crippen molar-refractivity contribution in [3.63, 3.8) is 0 Å². The number of ether oxygens (including phenoxy) is 2. The number of methoxy groups -OCH3 is 2. The van der Waals surface area contributed by atoms with Crippen LogP contribution in [-0.4, -0.2) is 24.0 Å².